The van der Waals surface area contributed by atoms with Crippen LogP contribution in [0.4, 0.5) is 0 Å². The molecule has 0 atom stereocenters. The van der Waals surface area contributed by atoms with Gasteiger partial charge in [-0.05, 0) is 24.5 Å². The van der Waals surface area contributed by atoms with E-state index in [1.54, 1.807) is 0 Å². The maximum atomic E-state index is 5.82. The van der Waals surface area contributed by atoms with Crippen LogP contribution in [0.5, 0.6) is 0 Å². The molecule has 1 aliphatic rings. The van der Waals surface area contributed by atoms with E-state index in [4.69, 9.17) is 4.74 Å². The average Bonchev–Trinajstić information content (AvgIpc) is 2.59. The number of aryl methyl sites for hydroxylation is 1. The topological polar surface area (TPSA) is 38.2 Å². The fourth-order valence-corrected chi connectivity index (χ4v) is 2.66. The van der Waals surface area contributed by atoms with Crippen LogP contribution in [0.15, 0.2) is 54.4 Å². The average molecular weight is 309 g/mol. The fraction of sp³-hybridized carbons (Fsp3) is 0.368. The van der Waals surface area contributed by atoms with E-state index in [2.05, 4.69) is 33.1 Å². The zero-order valence-corrected chi connectivity index (χ0v) is 13.6. The summed E-state index contributed by atoms with van der Waals surface area (Å²) in [5, 5.41) is 0. The number of nitrogens with zero attached hydrogens (tertiary/aromatic N) is 3. The van der Waals surface area contributed by atoms with Gasteiger partial charge in [0.05, 0.1) is 13.2 Å². The molecule has 120 valence electrons. The molecule has 0 spiro atoms. The molecule has 0 N–H and O–H groups in total. The van der Waals surface area contributed by atoms with E-state index in [1.165, 1.54) is 16.7 Å². The van der Waals surface area contributed by atoms with Crippen molar-refractivity contribution in [3.05, 3.63) is 71.3 Å². The molecule has 1 aliphatic heterocycles. The Morgan fingerprint density at radius 3 is 2.52 bits per heavy atom. The van der Waals surface area contributed by atoms with E-state index in [9.17, 15) is 0 Å². The quantitative estimate of drug-likeness (QED) is 0.768. The van der Waals surface area contributed by atoms with E-state index in [-0.39, 0.29) is 0 Å². The zero-order chi connectivity index (χ0) is 15.9. The molecule has 4 nitrogen and oxygen atoms in total. The second-order valence-corrected chi connectivity index (χ2v) is 5.96. The molecule has 2 heterocycles. The second-order valence-electron chi connectivity index (χ2n) is 5.96. The molecule has 4 heteroatoms. The molecule has 23 heavy (non-hydrogen) atoms. The van der Waals surface area contributed by atoms with Gasteiger partial charge in [0, 0.05) is 37.6 Å². The molecule has 0 unspecified atom stereocenters. The van der Waals surface area contributed by atoms with E-state index in [0.717, 1.165) is 38.5 Å². The molecule has 0 radical (unpaired) electrons. The summed E-state index contributed by atoms with van der Waals surface area (Å²) in [6.07, 6.45) is 7.21. The molecule has 1 aromatic carbocycles. The number of hydrogen-bond donors (Lipinski definition) is 0. The number of aromatic nitrogens is 2. The fourth-order valence-electron chi connectivity index (χ4n) is 2.66. The summed E-state index contributed by atoms with van der Waals surface area (Å²) >= 11 is 0. The number of rotatable bonds is 6. The van der Waals surface area contributed by atoms with Crippen LogP contribution in [0, 0.1) is 6.92 Å². The highest BCUT2D eigenvalue weighted by Crippen LogP contribution is 2.14. The van der Waals surface area contributed by atoms with Gasteiger partial charge < -0.3 is 4.74 Å². The molecule has 0 saturated carbocycles. The number of hydrogen-bond acceptors (Lipinski definition) is 4. The Labute approximate surface area is 137 Å². The van der Waals surface area contributed by atoms with Crippen molar-refractivity contribution in [1.29, 1.82) is 0 Å². The van der Waals surface area contributed by atoms with Gasteiger partial charge in [0.15, 0.2) is 0 Å². The third-order valence-corrected chi connectivity index (χ3v) is 4.03. The lowest BCUT2D eigenvalue weighted by atomic mass is 10.1. The Kier molecular flexibility index (Phi) is 5.51. The van der Waals surface area contributed by atoms with Crippen molar-refractivity contribution in [3.8, 4) is 0 Å². The van der Waals surface area contributed by atoms with Gasteiger partial charge in [0.2, 0.25) is 0 Å². The third-order valence-electron chi connectivity index (χ3n) is 4.03. The van der Waals surface area contributed by atoms with Gasteiger partial charge in [-0.15, -0.1) is 0 Å². The lowest BCUT2D eigenvalue weighted by Gasteiger charge is -2.26. The second kappa shape index (κ2) is 7.99. The largest absolute Gasteiger partial charge is 0.372 e. The van der Waals surface area contributed by atoms with E-state index in [0.29, 0.717) is 6.61 Å². The van der Waals surface area contributed by atoms with Crippen molar-refractivity contribution >= 4 is 0 Å². The highest BCUT2D eigenvalue weighted by atomic mass is 16.5. The lowest BCUT2D eigenvalue weighted by Crippen LogP contribution is -2.29. The Morgan fingerprint density at radius 1 is 1.04 bits per heavy atom. The molecule has 0 fully saturated rings. The first-order valence-corrected chi connectivity index (χ1v) is 8.09. The summed E-state index contributed by atoms with van der Waals surface area (Å²) in [5.74, 6) is 0.824. The molecule has 3 rings (SSSR count). The first-order chi connectivity index (χ1) is 11.3. The minimum Gasteiger partial charge on any atom is -0.372 e. The number of ether oxygens (including phenoxy) is 1. The molecule has 0 bridgehead atoms. The Bertz CT molecular complexity index is 637. The van der Waals surface area contributed by atoms with Crippen molar-refractivity contribution in [2.24, 2.45) is 0 Å². The van der Waals surface area contributed by atoms with E-state index < -0.39 is 0 Å². The van der Waals surface area contributed by atoms with Crippen molar-refractivity contribution in [2.75, 3.05) is 19.7 Å². The molecule has 0 saturated heterocycles. The molecule has 0 amide bonds. The molecular formula is C19H23N3O. The van der Waals surface area contributed by atoms with E-state index >= 15 is 0 Å². The predicted octanol–water partition coefficient (Wildman–Crippen LogP) is 3.13. The van der Waals surface area contributed by atoms with Crippen LogP contribution in [-0.2, 0) is 17.9 Å². The summed E-state index contributed by atoms with van der Waals surface area (Å²) in [4.78, 5) is 10.9. The standard InChI is InChI=1S/C19H23N3O/c1-16-20-11-19(12-21-16)13-22-9-7-18(8-10-22)15-23-14-17-5-3-2-4-6-17/h2-7,11-12H,8-10,13-15H2,1H3. The van der Waals surface area contributed by atoms with Crippen molar-refractivity contribution in [1.82, 2.24) is 14.9 Å². The van der Waals surface area contributed by atoms with Gasteiger partial charge in [-0.1, -0.05) is 36.4 Å². The molecular weight excluding hydrogens is 286 g/mol. The van der Waals surface area contributed by atoms with Gasteiger partial charge in [0.25, 0.3) is 0 Å². The van der Waals surface area contributed by atoms with Gasteiger partial charge in [-0.3, -0.25) is 4.90 Å². The normalized spacial score (nSPS) is 15.4. The van der Waals surface area contributed by atoms with Crippen LogP contribution in [-0.4, -0.2) is 34.6 Å². The van der Waals surface area contributed by atoms with Crippen LogP contribution in [0.1, 0.15) is 23.4 Å². The summed E-state index contributed by atoms with van der Waals surface area (Å²) in [7, 11) is 0. The van der Waals surface area contributed by atoms with Crippen molar-refractivity contribution < 1.29 is 4.74 Å². The molecule has 1 aromatic heterocycles. The minimum absolute atomic E-state index is 0.683. The maximum Gasteiger partial charge on any atom is 0.125 e. The van der Waals surface area contributed by atoms with Crippen molar-refractivity contribution in [3.63, 3.8) is 0 Å². The Morgan fingerprint density at radius 2 is 1.83 bits per heavy atom. The molecule has 0 aliphatic carbocycles. The van der Waals surface area contributed by atoms with Gasteiger partial charge >= 0.3 is 0 Å². The predicted molar refractivity (Wildman–Crippen MR) is 90.8 cm³/mol. The van der Waals surface area contributed by atoms with Crippen LogP contribution in [0.2, 0.25) is 0 Å². The van der Waals surface area contributed by atoms with Gasteiger partial charge in [-0.2, -0.15) is 0 Å². The zero-order valence-electron chi connectivity index (χ0n) is 13.6. The Balaban J connectivity index is 1.42. The van der Waals surface area contributed by atoms with Crippen molar-refractivity contribution in [2.45, 2.75) is 26.5 Å². The van der Waals surface area contributed by atoms with Gasteiger partial charge in [-0.25, -0.2) is 9.97 Å². The summed E-state index contributed by atoms with van der Waals surface area (Å²) in [6, 6.07) is 10.3. The summed E-state index contributed by atoms with van der Waals surface area (Å²) in [6.45, 7) is 6.27. The smallest absolute Gasteiger partial charge is 0.125 e. The third kappa shape index (κ3) is 4.98. The minimum atomic E-state index is 0.683. The van der Waals surface area contributed by atoms with E-state index in [1.807, 2.05) is 37.5 Å². The van der Waals surface area contributed by atoms with Gasteiger partial charge in [0.1, 0.15) is 5.82 Å². The summed E-state index contributed by atoms with van der Waals surface area (Å²) in [5.41, 5.74) is 3.80. The summed E-state index contributed by atoms with van der Waals surface area (Å²) < 4.78 is 5.82. The van der Waals surface area contributed by atoms with Crippen LogP contribution in [0.25, 0.3) is 0 Å². The molecule has 2 aromatic rings. The number of benzene rings is 1. The lowest BCUT2D eigenvalue weighted by molar-refractivity contribution is 0.136. The Hall–Kier alpha value is -2.04. The maximum absolute atomic E-state index is 5.82. The monoisotopic (exact) mass is 309 g/mol. The first-order valence-electron chi connectivity index (χ1n) is 8.09. The van der Waals surface area contributed by atoms with Crippen LogP contribution >= 0.6 is 0 Å². The van der Waals surface area contributed by atoms with Crippen LogP contribution in [0.3, 0.4) is 0 Å². The highest BCUT2D eigenvalue weighted by molar-refractivity contribution is 5.14. The first kappa shape index (κ1) is 15.8. The SMILES string of the molecule is Cc1ncc(CN2CC=C(COCc3ccccc3)CC2)cn1. The highest BCUT2D eigenvalue weighted by Gasteiger charge is 2.12. The van der Waals surface area contributed by atoms with Crippen LogP contribution < -0.4 is 0 Å².